The van der Waals surface area contributed by atoms with Crippen molar-refractivity contribution in [2.45, 2.75) is 137 Å². The Hall–Kier alpha value is -7.96. The summed E-state index contributed by atoms with van der Waals surface area (Å²) in [4.78, 5) is 10.3. The zero-order valence-electron chi connectivity index (χ0n) is 51.6. The number of nitrogens with zero attached hydrogens (tertiary/aromatic N) is 4. The van der Waals surface area contributed by atoms with Crippen molar-refractivity contribution in [3.8, 4) is 45.3 Å². The third kappa shape index (κ3) is 10.2. The predicted octanol–water partition coefficient (Wildman–Crippen LogP) is 22.2. The molecule has 3 heterocycles. The molecule has 1 aliphatic carbocycles. The van der Waals surface area contributed by atoms with Crippen LogP contribution in [0.2, 0.25) is 0 Å². The van der Waals surface area contributed by atoms with Gasteiger partial charge in [0.25, 0.3) is 0 Å². The van der Waals surface area contributed by atoms with Gasteiger partial charge < -0.3 is 13.6 Å². The SMILES string of the molecule is CC(C)c1cc(-c2ccc3c(c2)C(C)(C)CCCC3(C)C)cc(C(C)C)c1-n1c(-c2[c-]ccc3c2oc2cc4c(ccc5ccccc54)cc23)nc2ccccc21.CC(C)c1cccc(C(C)C)c1-n1c(-c2[c-]cc(F)cc2)nc2ccccc21.[Ir]. The minimum atomic E-state index is -0.295. The van der Waals surface area contributed by atoms with Crippen LogP contribution in [0.3, 0.4) is 0 Å². The number of para-hydroxylation sites is 5. The van der Waals surface area contributed by atoms with Crippen LogP contribution in [0, 0.1) is 17.9 Å². The van der Waals surface area contributed by atoms with Crippen molar-refractivity contribution < 1.29 is 28.9 Å². The molecule has 0 saturated carbocycles. The number of benzene rings is 10. The van der Waals surface area contributed by atoms with Crippen molar-refractivity contribution in [3.05, 3.63) is 227 Å². The van der Waals surface area contributed by atoms with Crippen molar-refractivity contribution >= 4 is 65.6 Å². The van der Waals surface area contributed by atoms with E-state index in [2.05, 4.69) is 238 Å². The van der Waals surface area contributed by atoms with Gasteiger partial charge in [-0.3, -0.25) is 14.4 Å². The fourth-order valence-corrected chi connectivity index (χ4v) is 13.7. The van der Waals surface area contributed by atoms with E-state index >= 15 is 0 Å². The van der Waals surface area contributed by atoms with Gasteiger partial charge in [-0.15, -0.1) is 48.0 Å². The Kier molecular flexibility index (Phi) is 15.4. The molecule has 13 aromatic rings. The van der Waals surface area contributed by atoms with Crippen LogP contribution in [0.4, 0.5) is 4.39 Å². The van der Waals surface area contributed by atoms with E-state index in [-0.39, 0.29) is 48.6 Å². The first-order chi connectivity index (χ1) is 40.9. The second kappa shape index (κ2) is 22.7. The minimum Gasteiger partial charge on any atom is -0.501 e. The summed E-state index contributed by atoms with van der Waals surface area (Å²) in [7, 11) is 0. The first kappa shape index (κ1) is 58.4. The molecule has 0 spiro atoms. The van der Waals surface area contributed by atoms with Crippen LogP contribution in [0.25, 0.3) is 111 Å². The van der Waals surface area contributed by atoms with Crippen LogP contribution in [-0.2, 0) is 30.9 Å². The first-order valence-electron chi connectivity index (χ1n) is 30.6. The van der Waals surface area contributed by atoms with Crippen molar-refractivity contribution in [2.24, 2.45) is 0 Å². The summed E-state index contributed by atoms with van der Waals surface area (Å²) in [6, 6.07) is 68.5. The molecule has 86 heavy (non-hydrogen) atoms. The smallest absolute Gasteiger partial charge is 0.121 e. The fourth-order valence-electron chi connectivity index (χ4n) is 13.7. The molecule has 0 saturated heterocycles. The van der Waals surface area contributed by atoms with Gasteiger partial charge in [-0.2, -0.15) is 0 Å². The molecule has 0 aliphatic heterocycles. The van der Waals surface area contributed by atoms with E-state index in [4.69, 9.17) is 14.4 Å². The molecule has 1 radical (unpaired) electrons. The molecule has 0 unspecified atom stereocenters. The maximum absolute atomic E-state index is 13.5. The molecule has 0 N–H and O–H groups in total. The second-order valence-electron chi connectivity index (χ2n) is 26.3. The van der Waals surface area contributed by atoms with Gasteiger partial charge in [0.05, 0.1) is 39.3 Å². The number of hydrogen-bond donors (Lipinski definition) is 0. The standard InChI is InChI=1S/C54H51N2O.C25H24FN2.Ir/c1-32(2)41-28-37(35-23-24-45-46(30-35)54(7,8)26-14-25-53(45,5)6)29-42(33(3)4)50(41)56-48-20-12-11-19-47(48)55-52(56)40-18-13-17-39-44-27-36-22-21-34-15-9-10-16-38(34)43(36)31-49(44)57-51(39)40;1-16(2)20-8-7-9-21(17(3)4)24(20)28-23-11-6-5-10-22(23)27-25(28)18-12-14-19(26)15-13-18;/h9-13,15-17,19-24,27-33H,14,25-26H2,1-8H3;5-12,14-17H,1-4H3;/q2*-1;. The molecule has 7 heteroatoms. The summed E-state index contributed by atoms with van der Waals surface area (Å²) in [5, 5.41) is 7.04. The zero-order valence-corrected chi connectivity index (χ0v) is 54.0. The largest absolute Gasteiger partial charge is 0.501 e. The number of hydrogen-bond acceptors (Lipinski definition) is 3. The van der Waals surface area contributed by atoms with Gasteiger partial charge in [0.2, 0.25) is 0 Å². The Bertz CT molecular complexity index is 4670. The average molecular weight is 1310 g/mol. The third-order valence-electron chi connectivity index (χ3n) is 18.3. The molecule has 0 fully saturated rings. The van der Waals surface area contributed by atoms with Gasteiger partial charge in [-0.05, 0) is 162 Å². The third-order valence-corrected chi connectivity index (χ3v) is 18.3. The maximum atomic E-state index is 13.5. The van der Waals surface area contributed by atoms with Crippen LogP contribution in [0.5, 0.6) is 0 Å². The van der Waals surface area contributed by atoms with Crippen LogP contribution in [-0.4, -0.2) is 19.1 Å². The van der Waals surface area contributed by atoms with Crippen LogP contribution in [0.15, 0.2) is 180 Å². The molecule has 10 aromatic carbocycles. The molecule has 0 amide bonds. The summed E-state index contributed by atoms with van der Waals surface area (Å²) >= 11 is 0. The van der Waals surface area contributed by atoms with Gasteiger partial charge >= 0.3 is 0 Å². The second-order valence-corrected chi connectivity index (χ2v) is 26.3. The predicted molar refractivity (Wildman–Crippen MR) is 355 cm³/mol. The van der Waals surface area contributed by atoms with E-state index in [1.165, 1.54) is 109 Å². The van der Waals surface area contributed by atoms with Gasteiger partial charge in [-0.25, -0.2) is 0 Å². The number of fused-ring (bicyclic) bond motifs is 9. The van der Waals surface area contributed by atoms with E-state index in [0.29, 0.717) is 11.8 Å². The summed E-state index contributed by atoms with van der Waals surface area (Å²) in [5.41, 5.74) is 20.8. The number of rotatable bonds is 9. The summed E-state index contributed by atoms with van der Waals surface area (Å²) in [6.45, 7) is 27.9. The van der Waals surface area contributed by atoms with Gasteiger partial charge in [0, 0.05) is 42.7 Å². The van der Waals surface area contributed by atoms with E-state index in [1.807, 2.05) is 24.3 Å². The van der Waals surface area contributed by atoms with Crippen LogP contribution < -0.4 is 0 Å². The van der Waals surface area contributed by atoms with E-state index < -0.39 is 0 Å². The molecular weight excluding hydrogens is 1230 g/mol. The van der Waals surface area contributed by atoms with E-state index in [0.717, 1.165) is 66.8 Å². The molecule has 1 aliphatic rings. The topological polar surface area (TPSA) is 48.8 Å². The normalized spacial score (nSPS) is 14.0. The van der Waals surface area contributed by atoms with Crippen molar-refractivity contribution in [2.75, 3.05) is 0 Å². The van der Waals surface area contributed by atoms with Crippen molar-refractivity contribution in [1.82, 2.24) is 19.1 Å². The van der Waals surface area contributed by atoms with Crippen molar-refractivity contribution in [3.63, 3.8) is 0 Å². The average Bonchev–Trinajstić information content (AvgIpc) is 1.67. The molecule has 14 rings (SSSR count). The van der Waals surface area contributed by atoms with Gasteiger partial charge in [0.1, 0.15) is 5.58 Å². The monoisotopic (exact) mass is 1310 g/mol. The Morgan fingerprint density at radius 1 is 0.488 bits per heavy atom. The Morgan fingerprint density at radius 3 is 1.71 bits per heavy atom. The molecule has 0 atom stereocenters. The first-order valence-corrected chi connectivity index (χ1v) is 30.6. The molecule has 435 valence electrons. The number of aromatic nitrogens is 4. The summed E-state index contributed by atoms with van der Waals surface area (Å²) in [6.07, 6.45) is 3.68. The van der Waals surface area contributed by atoms with Crippen LogP contribution in [0.1, 0.15) is 159 Å². The Morgan fingerprint density at radius 2 is 1.07 bits per heavy atom. The Balaban J connectivity index is 0.000000210. The van der Waals surface area contributed by atoms with E-state index in [9.17, 15) is 4.39 Å². The number of furan rings is 1. The molecule has 5 nitrogen and oxygen atoms in total. The maximum Gasteiger partial charge on any atom is 0.121 e. The van der Waals surface area contributed by atoms with Gasteiger partial charge in [-0.1, -0.05) is 198 Å². The molecule has 3 aromatic heterocycles. The number of halogens is 1. The van der Waals surface area contributed by atoms with Gasteiger partial charge in [0.15, 0.2) is 0 Å². The summed E-state index contributed by atoms with van der Waals surface area (Å²) < 4.78 is 25.1. The zero-order chi connectivity index (χ0) is 59.2. The van der Waals surface area contributed by atoms with Crippen molar-refractivity contribution in [1.29, 1.82) is 0 Å². The fraction of sp³-hybridized carbons (Fsp3) is 0.266. The minimum absolute atomic E-state index is 0. The molecule has 0 bridgehead atoms. The van der Waals surface area contributed by atoms with Crippen LogP contribution >= 0.6 is 0 Å². The van der Waals surface area contributed by atoms with E-state index in [1.54, 1.807) is 6.07 Å². The Labute approximate surface area is 519 Å². The molecular formula is C79H75FIrN4O-2. The summed E-state index contributed by atoms with van der Waals surface area (Å²) in [5.74, 6) is 2.58. The number of imidazole rings is 2. The quantitative estimate of drug-likeness (QED) is 0.0822.